The number of anilines is 1. The first-order valence-corrected chi connectivity index (χ1v) is 8.97. The van der Waals surface area contributed by atoms with E-state index >= 15 is 0 Å². The van der Waals surface area contributed by atoms with Gasteiger partial charge in [-0.05, 0) is 43.9 Å². The van der Waals surface area contributed by atoms with E-state index in [1.54, 1.807) is 13.3 Å². The average Bonchev–Trinajstić information content (AvgIpc) is 2.67. The lowest BCUT2D eigenvalue weighted by Gasteiger charge is -2.36. The molecule has 1 atom stereocenters. The first kappa shape index (κ1) is 18.2. The van der Waals surface area contributed by atoms with Crippen LogP contribution in [-0.2, 0) is 0 Å². The minimum atomic E-state index is 0.000302. The molecule has 0 N–H and O–H groups in total. The summed E-state index contributed by atoms with van der Waals surface area (Å²) in [7, 11) is 5.44. The van der Waals surface area contributed by atoms with Gasteiger partial charge in [-0.3, -0.25) is 4.79 Å². The Morgan fingerprint density at radius 1 is 1.31 bits per heavy atom. The third-order valence-corrected chi connectivity index (χ3v) is 4.84. The van der Waals surface area contributed by atoms with E-state index in [9.17, 15) is 4.79 Å². The molecule has 0 radical (unpaired) electrons. The van der Waals surface area contributed by atoms with Gasteiger partial charge in [-0.25, -0.2) is 9.97 Å². The van der Waals surface area contributed by atoms with Gasteiger partial charge in [0.1, 0.15) is 5.75 Å². The van der Waals surface area contributed by atoms with Crippen LogP contribution in [-0.4, -0.2) is 48.5 Å². The molecule has 1 amide bonds. The highest BCUT2D eigenvalue weighted by Gasteiger charge is 2.30. The van der Waals surface area contributed by atoms with Gasteiger partial charge in [-0.15, -0.1) is 0 Å². The van der Waals surface area contributed by atoms with E-state index in [1.807, 2.05) is 49.0 Å². The summed E-state index contributed by atoms with van der Waals surface area (Å²) >= 11 is 0. The number of carbonyl (C=O) groups is 1. The van der Waals surface area contributed by atoms with Gasteiger partial charge < -0.3 is 14.5 Å². The molecule has 1 saturated heterocycles. The number of aryl methyl sites for hydroxylation is 1. The highest BCUT2D eigenvalue weighted by Crippen LogP contribution is 2.33. The van der Waals surface area contributed by atoms with Gasteiger partial charge in [0.05, 0.1) is 24.4 Å². The predicted molar refractivity (Wildman–Crippen MR) is 102 cm³/mol. The zero-order chi connectivity index (χ0) is 18.7. The number of benzene rings is 1. The molecule has 2 aromatic rings. The SMILES string of the molecule is COc1cccc([C@H]2CCCCN2C(=O)c2cnc(N(C)C)nc2C)c1. The highest BCUT2D eigenvalue weighted by molar-refractivity contribution is 5.95. The third kappa shape index (κ3) is 3.64. The minimum absolute atomic E-state index is 0.000302. The van der Waals surface area contributed by atoms with Gasteiger partial charge in [0.25, 0.3) is 5.91 Å². The number of nitrogens with zero attached hydrogens (tertiary/aromatic N) is 4. The van der Waals surface area contributed by atoms with E-state index < -0.39 is 0 Å². The van der Waals surface area contributed by atoms with E-state index in [1.165, 1.54) is 0 Å². The summed E-state index contributed by atoms with van der Waals surface area (Å²) in [6.07, 6.45) is 4.73. The van der Waals surface area contributed by atoms with Crippen molar-refractivity contribution in [3.63, 3.8) is 0 Å². The molecule has 26 heavy (non-hydrogen) atoms. The third-order valence-electron chi connectivity index (χ3n) is 4.84. The summed E-state index contributed by atoms with van der Waals surface area (Å²) < 4.78 is 5.35. The number of hydrogen-bond acceptors (Lipinski definition) is 5. The fraction of sp³-hybridized carbons (Fsp3) is 0.450. The van der Waals surface area contributed by atoms with Crippen LogP contribution in [0.15, 0.2) is 30.5 Å². The van der Waals surface area contributed by atoms with Crippen LogP contribution in [0.3, 0.4) is 0 Å². The number of likely N-dealkylation sites (tertiary alicyclic amines) is 1. The fourth-order valence-corrected chi connectivity index (χ4v) is 3.40. The molecule has 1 aliphatic heterocycles. The van der Waals surface area contributed by atoms with Crippen LogP contribution < -0.4 is 9.64 Å². The maximum atomic E-state index is 13.2. The van der Waals surface area contributed by atoms with Gasteiger partial charge >= 0.3 is 0 Å². The van der Waals surface area contributed by atoms with E-state index in [0.717, 1.165) is 37.1 Å². The molecule has 2 heterocycles. The number of hydrogen-bond donors (Lipinski definition) is 0. The molecule has 0 aliphatic carbocycles. The number of aromatic nitrogens is 2. The number of amides is 1. The topological polar surface area (TPSA) is 58.6 Å². The smallest absolute Gasteiger partial charge is 0.257 e. The Kier molecular flexibility index (Phi) is 5.40. The van der Waals surface area contributed by atoms with Crippen LogP contribution in [0.2, 0.25) is 0 Å². The lowest BCUT2D eigenvalue weighted by molar-refractivity contribution is 0.0609. The van der Waals surface area contributed by atoms with Crippen LogP contribution in [0.1, 0.15) is 46.9 Å². The van der Waals surface area contributed by atoms with E-state index in [0.29, 0.717) is 17.2 Å². The zero-order valence-electron chi connectivity index (χ0n) is 15.9. The fourth-order valence-electron chi connectivity index (χ4n) is 3.40. The number of methoxy groups -OCH3 is 1. The number of carbonyl (C=O) groups excluding carboxylic acids is 1. The van der Waals surface area contributed by atoms with Gasteiger partial charge in [0.15, 0.2) is 0 Å². The van der Waals surface area contributed by atoms with Crippen LogP contribution >= 0.6 is 0 Å². The lowest BCUT2D eigenvalue weighted by atomic mass is 9.94. The van der Waals surface area contributed by atoms with Gasteiger partial charge in [0.2, 0.25) is 5.95 Å². The predicted octanol–water partition coefficient (Wildman–Crippen LogP) is 3.23. The summed E-state index contributed by atoms with van der Waals surface area (Å²) in [5, 5.41) is 0. The molecule has 3 rings (SSSR count). The summed E-state index contributed by atoms with van der Waals surface area (Å²) in [5.41, 5.74) is 2.40. The molecule has 1 aromatic carbocycles. The summed E-state index contributed by atoms with van der Waals surface area (Å²) in [6, 6.07) is 8.05. The molecular weight excluding hydrogens is 328 g/mol. The summed E-state index contributed by atoms with van der Waals surface area (Å²) in [4.78, 5) is 25.8. The van der Waals surface area contributed by atoms with Crippen molar-refractivity contribution in [2.75, 3.05) is 32.6 Å². The summed E-state index contributed by atoms with van der Waals surface area (Å²) in [5.74, 6) is 1.43. The second-order valence-corrected chi connectivity index (χ2v) is 6.85. The molecule has 0 bridgehead atoms. The van der Waals surface area contributed by atoms with Crippen molar-refractivity contribution in [1.29, 1.82) is 0 Å². The van der Waals surface area contributed by atoms with Gasteiger partial charge in [0, 0.05) is 26.8 Å². The van der Waals surface area contributed by atoms with Crippen molar-refractivity contribution < 1.29 is 9.53 Å². The van der Waals surface area contributed by atoms with Crippen molar-refractivity contribution in [1.82, 2.24) is 14.9 Å². The van der Waals surface area contributed by atoms with Crippen molar-refractivity contribution in [2.24, 2.45) is 0 Å². The number of piperidine rings is 1. The number of ether oxygens (including phenoxy) is 1. The molecule has 1 fully saturated rings. The molecule has 1 aromatic heterocycles. The normalized spacial score (nSPS) is 17.1. The first-order valence-electron chi connectivity index (χ1n) is 8.97. The van der Waals surface area contributed by atoms with Crippen LogP contribution in [0, 0.1) is 6.92 Å². The van der Waals surface area contributed by atoms with Crippen molar-refractivity contribution in [3.05, 3.63) is 47.3 Å². The van der Waals surface area contributed by atoms with Crippen molar-refractivity contribution in [3.8, 4) is 5.75 Å². The molecule has 6 nitrogen and oxygen atoms in total. The first-order chi connectivity index (χ1) is 12.5. The Labute approximate surface area is 154 Å². The van der Waals surface area contributed by atoms with Crippen LogP contribution in [0.4, 0.5) is 5.95 Å². The quantitative estimate of drug-likeness (QED) is 0.844. The lowest BCUT2D eigenvalue weighted by Crippen LogP contribution is -2.39. The Morgan fingerprint density at radius 3 is 2.81 bits per heavy atom. The van der Waals surface area contributed by atoms with Crippen LogP contribution in [0.5, 0.6) is 5.75 Å². The molecular formula is C20H26N4O2. The van der Waals surface area contributed by atoms with Crippen molar-refractivity contribution >= 4 is 11.9 Å². The molecule has 0 saturated carbocycles. The Balaban J connectivity index is 1.91. The van der Waals surface area contributed by atoms with Crippen molar-refractivity contribution in [2.45, 2.75) is 32.2 Å². The Hall–Kier alpha value is -2.63. The second-order valence-electron chi connectivity index (χ2n) is 6.85. The minimum Gasteiger partial charge on any atom is -0.497 e. The molecule has 138 valence electrons. The maximum absolute atomic E-state index is 13.2. The summed E-state index contributed by atoms with van der Waals surface area (Å²) in [6.45, 7) is 2.61. The Morgan fingerprint density at radius 2 is 2.12 bits per heavy atom. The highest BCUT2D eigenvalue weighted by atomic mass is 16.5. The largest absolute Gasteiger partial charge is 0.497 e. The molecule has 6 heteroatoms. The average molecular weight is 354 g/mol. The van der Waals surface area contributed by atoms with E-state index in [-0.39, 0.29) is 11.9 Å². The Bertz CT molecular complexity index is 791. The molecule has 1 aliphatic rings. The standard InChI is InChI=1S/C20H26N4O2/c1-14-17(13-21-20(22-14)23(2)3)19(25)24-11-6-5-10-18(24)15-8-7-9-16(12-15)26-4/h7-9,12-13,18H,5-6,10-11H2,1-4H3/t18-/m1/s1. The van der Waals surface area contributed by atoms with Gasteiger partial charge in [-0.2, -0.15) is 0 Å². The van der Waals surface area contributed by atoms with E-state index in [2.05, 4.69) is 16.0 Å². The second kappa shape index (κ2) is 7.72. The van der Waals surface area contributed by atoms with Gasteiger partial charge in [-0.1, -0.05) is 12.1 Å². The molecule has 0 unspecified atom stereocenters. The monoisotopic (exact) mass is 354 g/mol. The zero-order valence-corrected chi connectivity index (χ0v) is 15.9. The van der Waals surface area contributed by atoms with E-state index in [4.69, 9.17) is 4.74 Å². The van der Waals surface area contributed by atoms with Crippen LogP contribution in [0.25, 0.3) is 0 Å². The number of rotatable bonds is 4. The maximum Gasteiger partial charge on any atom is 0.257 e. The molecule has 0 spiro atoms.